The van der Waals surface area contributed by atoms with Crippen LogP contribution in [0.15, 0.2) is 48.5 Å². The van der Waals surface area contributed by atoms with Crippen LogP contribution in [0, 0.1) is 5.92 Å². The zero-order chi connectivity index (χ0) is 22.2. The first kappa shape index (κ1) is 23.1. The summed E-state index contributed by atoms with van der Waals surface area (Å²) in [5.74, 6) is 0.387. The molecule has 0 aliphatic carbocycles. The lowest BCUT2D eigenvalue weighted by Crippen LogP contribution is -2.44. The van der Waals surface area contributed by atoms with E-state index in [0.717, 1.165) is 25.2 Å². The van der Waals surface area contributed by atoms with Gasteiger partial charge in [-0.2, -0.15) is 0 Å². The molecule has 1 heterocycles. The molecule has 1 aliphatic rings. The predicted octanol–water partition coefficient (Wildman–Crippen LogP) is 4.68. The Morgan fingerprint density at radius 2 is 1.84 bits per heavy atom. The molecule has 2 aromatic carbocycles. The van der Waals surface area contributed by atoms with Gasteiger partial charge in [0.15, 0.2) is 0 Å². The molecular formula is C24H29ClN2O4. The molecule has 2 amide bonds. The van der Waals surface area contributed by atoms with E-state index in [1.165, 1.54) is 0 Å². The highest BCUT2D eigenvalue weighted by Crippen LogP contribution is 2.19. The topological polar surface area (TPSA) is 76.7 Å². The van der Waals surface area contributed by atoms with Gasteiger partial charge in [-0.3, -0.25) is 9.59 Å². The van der Waals surface area contributed by atoms with E-state index in [0.29, 0.717) is 29.3 Å². The Labute approximate surface area is 188 Å². The van der Waals surface area contributed by atoms with Gasteiger partial charge in [0.2, 0.25) is 5.91 Å². The summed E-state index contributed by atoms with van der Waals surface area (Å²) in [6.07, 6.45) is 2.77. The van der Waals surface area contributed by atoms with E-state index < -0.39 is 6.04 Å². The van der Waals surface area contributed by atoms with E-state index in [9.17, 15) is 9.59 Å². The summed E-state index contributed by atoms with van der Waals surface area (Å²) in [6, 6.07) is 13.1. The van der Waals surface area contributed by atoms with Crippen molar-refractivity contribution in [1.82, 2.24) is 5.32 Å². The van der Waals surface area contributed by atoms with Gasteiger partial charge in [0, 0.05) is 22.9 Å². The van der Waals surface area contributed by atoms with Crippen molar-refractivity contribution in [2.45, 2.75) is 45.3 Å². The monoisotopic (exact) mass is 444 g/mol. The lowest BCUT2D eigenvalue weighted by molar-refractivity contribution is -0.118. The predicted molar refractivity (Wildman–Crippen MR) is 122 cm³/mol. The van der Waals surface area contributed by atoms with Crippen molar-refractivity contribution in [2.75, 3.05) is 18.5 Å². The molecule has 2 unspecified atom stereocenters. The van der Waals surface area contributed by atoms with Crippen molar-refractivity contribution >= 4 is 29.1 Å². The largest absolute Gasteiger partial charge is 0.491 e. The number of carbonyl (C=O) groups excluding carboxylic acids is 2. The Hall–Kier alpha value is -2.57. The van der Waals surface area contributed by atoms with Gasteiger partial charge in [0.25, 0.3) is 5.91 Å². The molecule has 1 aliphatic heterocycles. The van der Waals surface area contributed by atoms with Gasteiger partial charge in [0.1, 0.15) is 18.4 Å². The molecule has 0 spiro atoms. The molecule has 2 N–H and O–H groups in total. The summed E-state index contributed by atoms with van der Waals surface area (Å²) in [5, 5.41) is 6.27. The lowest BCUT2D eigenvalue weighted by Gasteiger charge is -2.20. The Bertz CT molecular complexity index is 862. The molecule has 2 aromatic rings. The molecule has 3 rings (SSSR count). The van der Waals surface area contributed by atoms with Crippen molar-refractivity contribution in [2.24, 2.45) is 5.92 Å². The highest BCUT2D eigenvalue weighted by atomic mass is 35.5. The van der Waals surface area contributed by atoms with Crippen LogP contribution in [0.25, 0.3) is 0 Å². The van der Waals surface area contributed by atoms with E-state index in [4.69, 9.17) is 21.1 Å². The molecular weight excluding hydrogens is 416 g/mol. The molecule has 0 bridgehead atoms. The van der Waals surface area contributed by atoms with Crippen LogP contribution in [0.5, 0.6) is 5.75 Å². The highest BCUT2D eigenvalue weighted by Gasteiger charge is 2.23. The summed E-state index contributed by atoms with van der Waals surface area (Å²) >= 11 is 5.88. The third-order valence-electron chi connectivity index (χ3n) is 5.02. The van der Waals surface area contributed by atoms with E-state index in [1.54, 1.807) is 36.4 Å². The minimum atomic E-state index is -0.654. The summed E-state index contributed by atoms with van der Waals surface area (Å²) in [4.78, 5) is 25.4. The molecule has 6 nitrogen and oxygen atoms in total. The van der Waals surface area contributed by atoms with Gasteiger partial charge in [-0.15, -0.1) is 0 Å². The van der Waals surface area contributed by atoms with Crippen molar-refractivity contribution in [3.8, 4) is 5.75 Å². The van der Waals surface area contributed by atoms with E-state index in [-0.39, 0.29) is 23.8 Å². The number of carbonyl (C=O) groups is 2. The number of amides is 2. The maximum atomic E-state index is 12.9. The Morgan fingerprint density at radius 3 is 2.45 bits per heavy atom. The molecule has 0 radical (unpaired) electrons. The zero-order valence-corrected chi connectivity index (χ0v) is 18.7. The summed E-state index contributed by atoms with van der Waals surface area (Å²) in [6.45, 7) is 5.34. The van der Waals surface area contributed by atoms with Crippen LogP contribution in [0.3, 0.4) is 0 Å². The smallest absolute Gasteiger partial charge is 0.251 e. The van der Waals surface area contributed by atoms with Crippen LogP contribution in [-0.4, -0.2) is 37.2 Å². The Kier molecular flexibility index (Phi) is 8.32. The fourth-order valence-corrected chi connectivity index (χ4v) is 3.50. The average Bonchev–Trinajstić information content (AvgIpc) is 3.26. The van der Waals surface area contributed by atoms with Crippen LogP contribution in [0.2, 0.25) is 5.02 Å². The number of halogens is 1. The van der Waals surface area contributed by atoms with Crippen LogP contribution < -0.4 is 15.4 Å². The molecule has 2 atom stereocenters. The quantitative estimate of drug-likeness (QED) is 0.588. The number of hydrogen-bond acceptors (Lipinski definition) is 4. The number of anilines is 1. The van der Waals surface area contributed by atoms with Crippen LogP contribution in [-0.2, 0) is 9.53 Å². The Morgan fingerprint density at radius 1 is 1.13 bits per heavy atom. The SMILES string of the molecule is CC(C)CC(NC(=O)c1ccc(Cl)cc1)C(=O)Nc1ccc(OCC2CCCO2)cc1. The molecule has 7 heteroatoms. The maximum Gasteiger partial charge on any atom is 0.251 e. The summed E-state index contributed by atoms with van der Waals surface area (Å²) in [7, 11) is 0. The fraction of sp³-hybridized carbons (Fsp3) is 0.417. The van der Waals surface area contributed by atoms with Crippen molar-refractivity contribution < 1.29 is 19.1 Å². The summed E-state index contributed by atoms with van der Waals surface area (Å²) < 4.78 is 11.3. The van der Waals surface area contributed by atoms with Crippen LogP contribution >= 0.6 is 11.6 Å². The number of hydrogen-bond donors (Lipinski definition) is 2. The average molecular weight is 445 g/mol. The number of benzene rings is 2. The van der Waals surface area contributed by atoms with E-state index in [2.05, 4.69) is 10.6 Å². The van der Waals surface area contributed by atoms with Crippen molar-refractivity contribution in [3.05, 3.63) is 59.1 Å². The van der Waals surface area contributed by atoms with Crippen molar-refractivity contribution in [3.63, 3.8) is 0 Å². The number of rotatable bonds is 9. The van der Waals surface area contributed by atoms with Gasteiger partial charge < -0.3 is 20.1 Å². The first-order chi connectivity index (χ1) is 14.9. The first-order valence-electron chi connectivity index (χ1n) is 10.6. The minimum absolute atomic E-state index is 0.153. The molecule has 1 saturated heterocycles. The number of nitrogens with one attached hydrogen (secondary N) is 2. The van der Waals surface area contributed by atoms with Gasteiger partial charge in [-0.1, -0.05) is 25.4 Å². The second-order valence-corrected chi connectivity index (χ2v) is 8.56. The summed E-state index contributed by atoms with van der Waals surface area (Å²) in [5.41, 5.74) is 1.10. The number of ether oxygens (including phenoxy) is 2. The van der Waals surface area contributed by atoms with Crippen LogP contribution in [0.4, 0.5) is 5.69 Å². The minimum Gasteiger partial charge on any atom is -0.491 e. The zero-order valence-electron chi connectivity index (χ0n) is 17.9. The second-order valence-electron chi connectivity index (χ2n) is 8.12. The van der Waals surface area contributed by atoms with Gasteiger partial charge in [-0.05, 0) is 73.7 Å². The van der Waals surface area contributed by atoms with Gasteiger partial charge in [-0.25, -0.2) is 0 Å². The lowest BCUT2D eigenvalue weighted by atomic mass is 10.0. The fourth-order valence-electron chi connectivity index (χ4n) is 3.37. The third kappa shape index (κ3) is 7.26. The third-order valence-corrected chi connectivity index (χ3v) is 5.27. The normalized spacial score (nSPS) is 16.7. The van der Waals surface area contributed by atoms with Crippen LogP contribution in [0.1, 0.15) is 43.5 Å². The van der Waals surface area contributed by atoms with Crippen molar-refractivity contribution in [1.29, 1.82) is 0 Å². The molecule has 0 saturated carbocycles. The highest BCUT2D eigenvalue weighted by molar-refractivity contribution is 6.30. The molecule has 31 heavy (non-hydrogen) atoms. The molecule has 166 valence electrons. The molecule has 0 aromatic heterocycles. The Balaban J connectivity index is 1.57. The molecule has 1 fully saturated rings. The van der Waals surface area contributed by atoms with Gasteiger partial charge >= 0.3 is 0 Å². The first-order valence-corrected chi connectivity index (χ1v) is 11.0. The maximum absolute atomic E-state index is 12.9. The van der Waals surface area contributed by atoms with Gasteiger partial charge in [0.05, 0.1) is 6.10 Å². The standard InChI is InChI=1S/C24H29ClN2O4/c1-16(2)14-22(27-23(28)17-5-7-18(25)8-6-17)24(29)26-19-9-11-20(12-10-19)31-15-21-4-3-13-30-21/h5-12,16,21-22H,3-4,13-15H2,1-2H3,(H,26,29)(H,27,28). The second kappa shape index (κ2) is 11.2. The van der Waals surface area contributed by atoms with E-state index in [1.807, 2.05) is 26.0 Å². The van der Waals surface area contributed by atoms with E-state index >= 15 is 0 Å².